The highest BCUT2D eigenvalue weighted by molar-refractivity contribution is 9.10. The van der Waals surface area contributed by atoms with Gasteiger partial charge in [-0.05, 0) is 77.6 Å². The summed E-state index contributed by atoms with van der Waals surface area (Å²) in [6, 6.07) is 12.5. The standard InChI is InChI=1S/C26H31BrO4/c1-25(2,3)23(30-4)19-12-16(7-10-22(19)27)15-31-18-9-8-17-6-5-11-26(20(17)13-18)14-21(26)24(28)29/h7-10,12-13,21,23H,5-6,11,14-15H2,1-4H3,(H,28,29)/t21-,23-,26-/m1/s1. The topological polar surface area (TPSA) is 55.8 Å². The van der Waals surface area contributed by atoms with Gasteiger partial charge in [0.2, 0.25) is 0 Å². The van der Waals surface area contributed by atoms with Crippen molar-refractivity contribution in [3.05, 3.63) is 63.1 Å². The Labute approximate surface area is 193 Å². The van der Waals surface area contributed by atoms with Gasteiger partial charge in [-0.15, -0.1) is 0 Å². The number of carboxylic acids is 1. The van der Waals surface area contributed by atoms with Gasteiger partial charge in [-0.2, -0.15) is 0 Å². The number of rotatable bonds is 6. The molecule has 1 spiro atoms. The Balaban J connectivity index is 1.54. The van der Waals surface area contributed by atoms with Crippen molar-refractivity contribution in [3.8, 4) is 5.75 Å². The number of benzene rings is 2. The zero-order chi connectivity index (χ0) is 22.4. The summed E-state index contributed by atoms with van der Waals surface area (Å²) < 4.78 is 13.0. The highest BCUT2D eigenvalue weighted by Gasteiger charge is 2.60. The van der Waals surface area contributed by atoms with E-state index in [2.05, 4.69) is 67.0 Å². The molecular weight excluding hydrogens is 456 g/mol. The van der Waals surface area contributed by atoms with Crippen LogP contribution in [0.15, 0.2) is 40.9 Å². The monoisotopic (exact) mass is 486 g/mol. The maximum absolute atomic E-state index is 11.6. The molecule has 0 unspecified atom stereocenters. The molecule has 1 N–H and O–H groups in total. The van der Waals surface area contributed by atoms with Gasteiger partial charge < -0.3 is 14.6 Å². The normalized spacial score (nSPS) is 23.3. The van der Waals surface area contributed by atoms with Gasteiger partial charge in [0.05, 0.1) is 12.0 Å². The highest BCUT2D eigenvalue weighted by Crippen LogP contribution is 2.60. The maximum atomic E-state index is 11.6. The number of aliphatic carboxylic acids is 1. The average molecular weight is 487 g/mol. The van der Waals surface area contributed by atoms with E-state index in [9.17, 15) is 9.90 Å². The lowest BCUT2D eigenvalue weighted by atomic mass is 9.78. The number of carbonyl (C=O) groups is 1. The van der Waals surface area contributed by atoms with Gasteiger partial charge in [0, 0.05) is 17.0 Å². The molecule has 4 nitrogen and oxygen atoms in total. The van der Waals surface area contributed by atoms with E-state index in [0.29, 0.717) is 6.61 Å². The van der Waals surface area contributed by atoms with Crippen LogP contribution in [0.2, 0.25) is 0 Å². The smallest absolute Gasteiger partial charge is 0.307 e. The van der Waals surface area contributed by atoms with Crippen molar-refractivity contribution in [2.24, 2.45) is 11.3 Å². The average Bonchev–Trinajstić information content (AvgIpc) is 3.43. The molecule has 2 aliphatic rings. The van der Waals surface area contributed by atoms with E-state index in [1.807, 2.05) is 6.07 Å². The van der Waals surface area contributed by atoms with E-state index in [4.69, 9.17) is 9.47 Å². The van der Waals surface area contributed by atoms with Crippen LogP contribution in [0, 0.1) is 11.3 Å². The van der Waals surface area contributed by atoms with Crippen LogP contribution in [0.4, 0.5) is 0 Å². The molecule has 31 heavy (non-hydrogen) atoms. The van der Waals surface area contributed by atoms with Crippen LogP contribution < -0.4 is 4.74 Å². The van der Waals surface area contributed by atoms with Crippen LogP contribution in [0.25, 0.3) is 0 Å². The van der Waals surface area contributed by atoms with E-state index in [1.54, 1.807) is 7.11 Å². The molecule has 1 saturated carbocycles. The molecular formula is C26H31BrO4. The Bertz CT molecular complexity index is 993. The second kappa shape index (κ2) is 8.25. The Kier molecular flexibility index (Phi) is 5.95. The number of halogens is 1. The predicted octanol–water partition coefficient (Wildman–Crippen LogP) is 6.44. The van der Waals surface area contributed by atoms with Crippen molar-refractivity contribution in [2.75, 3.05) is 7.11 Å². The molecule has 2 aromatic rings. The van der Waals surface area contributed by atoms with Crippen molar-refractivity contribution in [3.63, 3.8) is 0 Å². The van der Waals surface area contributed by atoms with E-state index < -0.39 is 5.97 Å². The van der Waals surface area contributed by atoms with E-state index in [-0.39, 0.29) is 22.9 Å². The SMILES string of the molecule is CO[C@H](c1cc(COc2ccc3c(c2)[C@@]2(CCC3)C[C@@H]2C(=O)O)ccc1Br)C(C)(C)C. The fourth-order valence-corrected chi connectivity index (χ4v) is 5.71. The van der Waals surface area contributed by atoms with Gasteiger partial charge in [-0.3, -0.25) is 4.79 Å². The van der Waals surface area contributed by atoms with Gasteiger partial charge in [0.15, 0.2) is 0 Å². The van der Waals surface area contributed by atoms with Gasteiger partial charge in [0.25, 0.3) is 0 Å². The first-order chi connectivity index (χ1) is 14.7. The number of aryl methyl sites for hydroxylation is 1. The first-order valence-corrected chi connectivity index (χ1v) is 11.7. The molecule has 166 valence electrons. The number of methoxy groups -OCH3 is 1. The third kappa shape index (κ3) is 4.27. The second-order valence-corrected chi connectivity index (χ2v) is 10.9. The number of carboxylic acid groups (broad SMARTS) is 1. The van der Waals surface area contributed by atoms with Crippen molar-refractivity contribution < 1.29 is 19.4 Å². The summed E-state index contributed by atoms with van der Waals surface area (Å²) in [7, 11) is 1.75. The first-order valence-electron chi connectivity index (χ1n) is 11.0. The minimum atomic E-state index is -0.673. The number of hydrogen-bond acceptors (Lipinski definition) is 3. The fraction of sp³-hybridized carbons (Fsp3) is 0.500. The fourth-order valence-electron chi connectivity index (χ4n) is 5.26. The summed E-state index contributed by atoms with van der Waals surface area (Å²) in [5.74, 6) is -0.119. The zero-order valence-electron chi connectivity index (χ0n) is 18.7. The van der Waals surface area contributed by atoms with Crippen molar-refractivity contribution in [2.45, 2.75) is 64.6 Å². The number of fused-ring (bicyclic) bond motifs is 2. The Morgan fingerprint density at radius 3 is 2.68 bits per heavy atom. The van der Waals surface area contributed by atoms with Gasteiger partial charge in [-0.25, -0.2) is 0 Å². The highest BCUT2D eigenvalue weighted by atomic mass is 79.9. The number of hydrogen-bond donors (Lipinski definition) is 1. The van der Waals surface area contributed by atoms with Crippen molar-refractivity contribution in [1.82, 2.24) is 0 Å². The molecule has 1 fully saturated rings. The lowest BCUT2D eigenvalue weighted by Crippen LogP contribution is -2.21. The molecule has 0 radical (unpaired) electrons. The predicted molar refractivity (Wildman–Crippen MR) is 124 cm³/mol. The molecule has 5 heteroatoms. The van der Waals surface area contributed by atoms with E-state index in [1.165, 1.54) is 11.1 Å². The summed E-state index contributed by atoms with van der Waals surface area (Å²) in [6.07, 6.45) is 3.76. The van der Waals surface area contributed by atoms with Gasteiger partial charge in [-0.1, -0.05) is 48.8 Å². The molecule has 0 saturated heterocycles. The minimum Gasteiger partial charge on any atom is -0.489 e. The van der Waals surface area contributed by atoms with Crippen LogP contribution in [0.5, 0.6) is 5.75 Å². The Morgan fingerprint density at radius 2 is 2.03 bits per heavy atom. The lowest BCUT2D eigenvalue weighted by Gasteiger charge is -2.30. The van der Waals surface area contributed by atoms with Crippen LogP contribution in [-0.4, -0.2) is 18.2 Å². The third-order valence-corrected chi connectivity index (χ3v) is 7.55. The van der Waals surface area contributed by atoms with Crippen LogP contribution in [-0.2, 0) is 28.0 Å². The van der Waals surface area contributed by atoms with Crippen LogP contribution in [0.3, 0.4) is 0 Å². The molecule has 0 amide bonds. The number of ether oxygens (including phenoxy) is 2. The van der Waals surface area contributed by atoms with E-state index >= 15 is 0 Å². The Morgan fingerprint density at radius 1 is 1.26 bits per heavy atom. The summed E-state index contributed by atoms with van der Waals surface area (Å²) in [6.45, 7) is 6.96. The zero-order valence-corrected chi connectivity index (χ0v) is 20.3. The summed E-state index contributed by atoms with van der Waals surface area (Å²) in [4.78, 5) is 11.6. The van der Waals surface area contributed by atoms with Crippen LogP contribution in [0.1, 0.15) is 68.4 Å². The maximum Gasteiger partial charge on any atom is 0.307 e. The molecule has 0 bridgehead atoms. The molecule has 0 aromatic heterocycles. The molecule has 3 atom stereocenters. The van der Waals surface area contributed by atoms with Crippen molar-refractivity contribution in [1.29, 1.82) is 0 Å². The molecule has 2 aliphatic carbocycles. The molecule has 0 aliphatic heterocycles. The van der Waals surface area contributed by atoms with Crippen molar-refractivity contribution >= 4 is 21.9 Å². The second-order valence-electron chi connectivity index (χ2n) is 10.0. The minimum absolute atomic E-state index is 0.0332. The third-order valence-electron chi connectivity index (χ3n) is 6.83. The largest absolute Gasteiger partial charge is 0.489 e. The molecule has 4 rings (SSSR count). The van der Waals surface area contributed by atoms with Gasteiger partial charge >= 0.3 is 5.97 Å². The lowest BCUT2D eigenvalue weighted by molar-refractivity contribution is -0.139. The summed E-state index contributed by atoms with van der Waals surface area (Å²) >= 11 is 3.67. The summed E-state index contributed by atoms with van der Waals surface area (Å²) in [5.41, 5.74) is 4.44. The molecule has 2 aromatic carbocycles. The first kappa shape index (κ1) is 22.3. The van der Waals surface area contributed by atoms with Crippen LogP contribution >= 0.6 is 15.9 Å². The molecule has 0 heterocycles. The Hall–Kier alpha value is -1.85. The summed E-state index contributed by atoms with van der Waals surface area (Å²) in [5, 5.41) is 9.54. The van der Waals surface area contributed by atoms with E-state index in [0.717, 1.165) is 47.0 Å². The quantitative estimate of drug-likeness (QED) is 0.510. The van der Waals surface area contributed by atoms with Gasteiger partial charge in [0.1, 0.15) is 12.4 Å².